The number of nitrogens with two attached hydrogens (primary N) is 1. The second-order valence-electron chi connectivity index (χ2n) is 6.04. The van der Waals surface area contributed by atoms with E-state index in [9.17, 15) is 13.2 Å². The van der Waals surface area contributed by atoms with Crippen LogP contribution in [0, 0.1) is 6.92 Å². The van der Waals surface area contributed by atoms with E-state index in [4.69, 9.17) is 5.73 Å². The number of sulfonamides is 1. The zero-order chi connectivity index (χ0) is 19.0. The molecule has 1 amide bonds. The highest BCUT2D eigenvalue weighted by molar-refractivity contribution is 7.89. The summed E-state index contributed by atoms with van der Waals surface area (Å²) in [6, 6.07) is 14.0. The molecule has 4 N–H and O–H groups in total. The van der Waals surface area contributed by atoms with Gasteiger partial charge in [0.25, 0.3) is 5.91 Å². The Morgan fingerprint density at radius 3 is 2.44 bits per heavy atom. The van der Waals surface area contributed by atoms with E-state index in [1.165, 1.54) is 6.07 Å². The lowest BCUT2D eigenvalue weighted by molar-refractivity contribution is 0.0953. The number of hydrogen-bond acceptors (Lipinski definition) is 4. The van der Waals surface area contributed by atoms with Crippen LogP contribution >= 0.6 is 12.4 Å². The number of aryl methyl sites for hydroxylation is 1. The van der Waals surface area contributed by atoms with Crippen molar-refractivity contribution in [2.24, 2.45) is 5.73 Å². The van der Waals surface area contributed by atoms with Crippen LogP contribution in [0.25, 0.3) is 0 Å². The van der Waals surface area contributed by atoms with Crippen molar-refractivity contribution < 1.29 is 13.2 Å². The predicted molar refractivity (Wildman–Crippen MR) is 110 cm³/mol. The SMILES string of the molecule is Cc1ccc(C(=O)NCCCCN)cc1S(=O)(=O)NCc1ccccc1.Cl. The van der Waals surface area contributed by atoms with E-state index < -0.39 is 10.0 Å². The Labute approximate surface area is 167 Å². The minimum Gasteiger partial charge on any atom is -0.352 e. The molecule has 0 bridgehead atoms. The Balaban J connectivity index is 0.00000364. The molecule has 148 valence electrons. The van der Waals surface area contributed by atoms with Gasteiger partial charge >= 0.3 is 0 Å². The Morgan fingerprint density at radius 1 is 1.07 bits per heavy atom. The molecule has 27 heavy (non-hydrogen) atoms. The minimum atomic E-state index is -3.72. The molecule has 0 aliphatic rings. The van der Waals surface area contributed by atoms with Gasteiger partial charge in [0.05, 0.1) is 4.90 Å². The molecule has 0 heterocycles. The van der Waals surface area contributed by atoms with Crippen molar-refractivity contribution in [3.63, 3.8) is 0 Å². The van der Waals surface area contributed by atoms with E-state index in [1.54, 1.807) is 19.1 Å². The number of amides is 1. The van der Waals surface area contributed by atoms with Crippen LogP contribution in [0.2, 0.25) is 0 Å². The second-order valence-corrected chi connectivity index (χ2v) is 7.78. The van der Waals surface area contributed by atoms with Crippen LogP contribution in [-0.2, 0) is 16.6 Å². The van der Waals surface area contributed by atoms with Crippen LogP contribution in [0.5, 0.6) is 0 Å². The van der Waals surface area contributed by atoms with Crippen LogP contribution in [0.3, 0.4) is 0 Å². The van der Waals surface area contributed by atoms with Crippen LogP contribution < -0.4 is 15.8 Å². The largest absolute Gasteiger partial charge is 0.352 e. The van der Waals surface area contributed by atoms with Crippen LogP contribution in [0.4, 0.5) is 0 Å². The van der Waals surface area contributed by atoms with Crippen molar-refractivity contribution in [3.8, 4) is 0 Å². The van der Waals surface area contributed by atoms with Crippen LogP contribution in [0.15, 0.2) is 53.4 Å². The summed E-state index contributed by atoms with van der Waals surface area (Å²) in [5.41, 5.74) is 7.20. The number of benzene rings is 2. The van der Waals surface area contributed by atoms with Gasteiger partial charge in [0.2, 0.25) is 10.0 Å². The summed E-state index contributed by atoms with van der Waals surface area (Å²) in [6.45, 7) is 2.99. The normalized spacial score (nSPS) is 10.9. The summed E-state index contributed by atoms with van der Waals surface area (Å²) < 4.78 is 27.9. The fraction of sp³-hybridized carbons (Fsp3) is 0.316. The molecular formula is C19H26ClN3O3S. The molecule has 0 aromatic heterocycles. The molecule has 0 fully saturated rings. The highest BCUT2D eigenvalue weighted by atomic mass is 35.5. The van der Waals surface area contributed by atoms with E-state index >= 15 is 0 Å². The molecule has 2 aromatic carbocycles. The third-order valence-corrected chi connectivity index (χ3v) is 5.51. The van der Waals surface area contributed by atoms with E-state index in [1.807, 2.05) is 30.3 Å². The summed E-state index contributed by atoms with van der Waals surface area (Å²) in [6.07, 6.45) is 1.62. The van der Waals surface area contributed by atoms with Gasteiger partial charge in [0.1, 0.15) is 0 Å². The number of carbonyl (C=O) groups is 1. The number of carbonyl (C=O) groups excluding carboxylic acids is 1. The van der Waals surface area contributed by atoms with Crippen molar-refractivity contribution in [2.45, 2.75) is 31.2 Å². The molecule has 0 atom stereocenters. The highest BCUT2D eigenvalue weighted by Gasteiger charge is 2.19. The van der Waals surface area contributed by atoms with Crippen molar-refractivity contribution in [1.29, 1.82) is 0 Å². The molecule has 0 saturated carbocycles. The summed E-state index contributed by atoms with van der Waals surface area (Å²) in [7, 11) is -3.72. The highest BCUT2D eigenvalue weighted by Crippen LogP contribution is 2.17. The van der Waals surface area contributed by atoms with E-state index in [2.05, 4.69) is 10.0 Å². The molecule has 0 radical (unpaired) electrons. The molecule has 2 aromatic rings. The van der Waals surface area contributed by atoms with E-state index in [0.29, 0.717) is 24.2 Å². The van der Waals surface area contributed by atoms with Gasteiger partial charge in [-0.2, -0.15) is 0 Å². The van der Waals surface area contributed by atoms with Crippen LogP contribution in [-0.4, -0.2) is 27.4 Å². The lowest BCUT2D eigenvalue weighted by Crippen LogP contribution is -2.27. The zero-order valence-corrected chi connectivity index (χ0v) is 16.9. The smallest absolute Gasteiger partial charge is 0.251 e. The first kappa shape index (κ1) is 23.1. The monoisotopic (exact) mass is 411 g/mol. The topological polar surface area (TPSA) is 101 Å². The van der Waals surface area contributed by atoms with E-state index in [-0.39, 0.29) is 29.8 Å². The van der Waals surface area contributed by atoms with Crippen molar-refractivity contribution in [3.05, 3.63) is 65.2 Å². The maximum atomic E-state index is 12.6. The zero-order valence-electron chi connectivity index (χ0n) is 15.3. The quantitative estimate of drug-likeness (QED) is 0.551. The maximum absolute atomic E-state index is 12.6. The molecular weight excluding hydrogens is 386 g/mol. The van der Waals surface area contributed by atoms with Gasteiger partial charge in [-0.15, -0.1) is 12.4 Å². The third-order valence-electron chi connectivity index (χ3n) is 3.97. The fourth-order valence-electron chi connectivity index (χ4n) is 2.46. The molecule has 0 unspecified atom stereocenters. The summed E-state index contributed by atoms with van der Waals surface area (Å²) in [5, 5.41) is 2.78. The van der Waals surface area contributed by atoms with Crippen LogP contribution in [0.1, 0.15) is 34.3 Å². The number of unbranched alkanes of at least 4 members (excludes halogenated alkanes) is 1. The second kappa shape index (κ2) is 11.0. The van der Waals surface area contributed by atoms with Gasteiger partial charge in [0, 0.05) is 18.7 Å². The average molecular weight is 412 g/mol. The molecule has 0 saturated heterocycles. The molecule has 8 heteroatoms. The molecule has 0 aliphatic carbocycles. The van der Waals surface area contributed by atoms with E-state index in [0.717, 1.165) is 18.4 Å². The summed E-state index contributed by atoms with van der Waals surface area (Å²) >= 11 is 0. The first-order valence-corrected chi connectivity index (χ1v) is 10.0. The van der Waals surface area contributed by atoms with Gasteiger partial charge in [0.15, 0.2) is 0 Å². The Bertz CT molecular complexity index is 843. The number of rotatable bonds is 9. The van der Waals surface area contributed by atoms with Gasteiger partial charge < -0.3 is 11.1 Å². The molecule has 2 rings (SSSR count). The van der Waals surface area contributed by atoms with Gasteiger partial charge in [-0.05, 0) is 49.6 Å². The number of halogens is 1. The Kier molecular flexibility index (Phi) is 9.45. The van der Waals surface area contributed by atoms with Crippen molar-refractivity contribution in [2.75, 3.05) is 13.1 Å². The van der Waals surface area contributed by atoms with Gasteiger partial charge in [-0.3, -0.25) is 4.79 Å². The molecule has 0 aliphatic heterocycles. The average Bonchev–Trinajstić information content (AvgIpc) is 2.64. The molecule has 0 spiro atoms. The third kappa shape index (κ3) is 6.95. The fourth-order valence-corrected chi connectivity index (χ4v) is 3.74. The lowest BCUT2D eigenvalue weighted by Gasteiger charge is -2.12. The summed E-state index contributed by atoms with van der Waals surface area (Å²) in [5.74, 6) is -0.290. The standard InChI is InChI=1S/C19H25N3O3S.ClH/c1-15-9-10-17(19(23)21-12-6-5-11-20)13-18(15)26(24,25)22-14-16-7-3-2-4-8-16;/h2-4,7-10,13,22H,5-6,11-12,14,20H2,1H3,(H,21,23);1H. The van der Waals surface area contributed by atoms with Gasteiger partial charge in [-0.1, -0.05) is 36.4 Å². The lowest BCUT2D eigenvalue weighted by atomic mass is 10.1. The Hall–Kier alpha value is -1.93. The first-order valence-electron chi connectivity index (χ1n) is 8.56. The number of nitrogens with one attached hydrogen (secondary N) is 2. The van der Waals surface area contributed by atoms with Crippen molar-refractivity contribution in [1.82, 2.24) is 10.0 Å². The maximum Gasteiger partial charge on any atom is 0.251 e. The van der Waals surface area contributed by atoms with Gasteiger partial charge in [-0.25, -0.2) is 13.1 Å². The van der Waals surface area contributed by atoms with Crippen molar-refractivity contribution >= 4 is 28.3 Å². The number of hydrogen-bond donors (Lipinski definition) is 3. The minimum absolute atomic E-state index is 0. The summed E-state index contributed by atoms with van der Waals surface area (Å²) in [4.78, 5) is 12.3. The Morgan fingerprint density at radius 2 is 1.78 bits per heavy atom. The molecule has 6 nitrogen and oxygen atoms in total. The first-order chi connectivity index (χ1) is 12.4. The predicted octanol–water partition coefficient (Wildman–Crippen LogP) is 2.36.